The van der Waals surface area contributed by atoms with Gasteiger partial charge in [-0.3, -0.25) is 24.2 Å². The molecule has 1 aromatic carbocycles. The molecular formula is C42H63N5O6S. The highest BCUT2D eigenvalue weighted by molar-refractivity contribution is 8.14. The largest absolute Gasteiger partial charge is 0.460 e. The van der Waals surface area contributed by atoms with Gasteiger partial charge in [0.15, 0.2) is 0 Å². The number of hydrogen-bond donors (Lipinski definition) is 2. The Balaban J connectivity index is 1.64. The number of allylic oxidation sites excluding steroid dienone is 1. The SMILES string of the molecule is CC[C@H](C)[C@@H]1NC(=O)[C@H](C)NC(=O)[C@H](Cc2ccccc2C)N(C)C(=O)CC[C@H]2CSC(=N2)/C=C/C[C@H](C)C[C@@H](C(C)(C)C)OC(=O)[C@@H]2CCCN2C1=O. The quantitative estimate of drug-likeness (QED) is 0.380. The van der Waals surface area contributed by atoms with E-state index in [1.807, 2.05) is 51.1 Å². The molecule has 2 bridgehead atoms. The molecule has 0 radical (unpaired) electrons. The van der Waals surface area contributed by atoms with Gasteiger partial charge in [-0.25, -0.2) is 4.79 Å². The van der Waals surface area contributed by atoms with Gasteiger partial charge in [0.25, 0.3) is 0 Å². The summed E-state index contributed by atoms with van der Waals surface area (Å²) in [5, 5.41) is 6.70. The Bertz CT molecular complexity index is 1570. The van der Waals surface area contributed by atoms with E-state index in [1.54, 1.807) is 30.6 Å². The fourth-order valence-corrected chi connectivity index (χ4v) is 8.24. The van der Waals surface area contributed by atoms with Crippen LogP contribution in [-0.2, 0) is 35.1 Å². The highest BCUT2D eigenvalue weighted by Gasteiger charge is 2.42. The second-order valence-corrected chi connectivity index (χ2v) is 17.7. The van der Waals surface area contributed by atoms with E-state index in [9.17, 15) is 24.0 Å². The highest BCUT2D eigenvalue weighted by atomic mass is 32.2. The number of fused-ring (bicyclic) bond motifs is 2. The number of carbonyl (C=O) groups is 5. The summed E-state index contributed by atoms with van der Waals surface area (Å²) in [5.74, 6) is -1.12. The molecule has 0 saturated carbocycles. The predicted octanol–water partition coefficient (Wildman–Crippen LogP) is 5.63. The maximum absolute atomic E-state index is 14.2. The number of likely N-dealkylation sites (N-methyl/N-ethyl adjacent to an activating group) is 1. The van der Waals surface area contributed by atoms with Crippen LogP contribution in [-0.4, -0.2) is 100 Å². The Labute approximate surface area is 326 Å². The van der Waals surface area contributed by atoms with Crippen molar-refractivity contribution in [2.24, 2.45) is 22.2 Å². The molecule has 1 fully saturated rings. The molecule has 1 aromatic rings. The zero-order chi connectivity index (χ0) is 39.7. The van der Waals surface area contributed by atoms with Crippen molar-refractivity contribution in [3.63, 3.8) is 0 Å². The Morgan fingerprint density at radius 3 is 2.44 bits per heavy atom. The van der Waals surface area contributed by atoms with Crippen LogP contribution >= 0.6 is 11.8 Å². The van der Waals surface area contributed by atoms with Crippen molar-refractivity contribution in [1.29, 1.82) is 0 Å². The predicted molar refractivity (Wildman–Crippen MR) is 215 cm³/mol. The second-order valence-electron chi connectivity index (χ2n) is 16.7. The number of nitrogens with one attached hydrogen (secondary N) is 2. The average Bonchev–Trinajstić information content (AvgIpc) is 3.80. The molecule has 0 spiro atoms. The molecule has 0 aliphatic carbocycles. The van der Waals surface area contributed by atoms with Gasteiger partial charge in [-0.05, 0) is 80.4 Å². The lowest BCUT2D eigenvalue weighted by Gasteiger charge is -2.35. The van der Waals surface area contributed by atoms with Crippen molar-refractivity contribution in [2.75, 3.05) is 19.3 Å². The third-order valence-corrected chi connectivity index (χ3v) is 12.3. The monoisotopic (exact) mass is 765 g/mol. The molecule has 4 amide bonds. The lowest BCUT2D eigenvalue weighted by Crippen LogP contribution is -2.59. The van der Waals surface area contributed by atoms with Crippen LogP contribution in [0.25, 0.3) is 0 Å². The molecule has 298 valence electrons. The molecule has 8 atom stereocenters. The Morgan fingerprint density at radius 2 is 1.76 bits per heavy atom. The number of carbonyl (C=O) groups excluding carboxylic acids is 5. The van der Waals surface area contributed by atoms with Crippen LogP contribution in [0.2, 0.25) is 0 Å². The molecule has 3 aliphatic heterocycles. The van der Waals surface area contributed by atoms with Crippen LogP contribution in [0, 0.1) is 24.2 Å². The molecular weight excluding hydrogens is 703 g/mol. The van der Waals surface area contributed by atoms with Gasteiger partial charge in [-0.15, -0.1) is 11.8 Å². The van der Waals surface area contributed by atoms with Crippen molar-refractivity contribution >= 4 is 46.4 Å². The zero-order valence-electron chi connectivity index (χ0n) is 33.9. The Hall–Kier alpha value is -3.67. The summed E-state index contributed by atoms with van der Waals surface area (Å²) in [7, 11) is 1.64. The summed E-state index contributed by atoms with van der Waals surface area (Å²) in [5.41, 5.74) is 1.61. The van der Waals surface area contributed by atoms with Crippen LogP contribution in [0.5, 0.6) is 0 Å². The van der Waals surface area contributed by atoms with Crippen LogP contribution in [0.4, 0.5) is 0 Å². The topological polar surface area (TPSA) is 137 Å². The third-order valence-electron chi connectivity index (χ3n) is 11.2. The van der Waals surface area contributed by atoms with E-state index < -0.39 is 42.0 Å². The van der Waals surface area contributed by atoms with Crippen molar-refractivity contribution in [3.05, 3.63) is 47.5 Å². The number of hydrogen-bond acceptors (Lipinski definition) is 8. The van der Waals surface area contributed by atoms with Crippen LogP contribution in [0.3, 0.4) is 0 Å². The fraction of sp³-hybridized carbons (Fsp3) is 0.667. The molecule has 0 unspecified atom stereocenters. The van der Waals surface area contributed by atoms with Gasteiger partial charge in [-0.1, -0.05) is 78.3 Å². The van der Waals surface area contributed by atoms with Crippen molar-refractivity contribution in [1.82, 2.24) is 20.4 Å². The number of ether oxygens (including phenoxy) is 1. The summed E-state index contributed by atoms with van der Waals surface area (Å²) < 4.78 is 6.24. The standard InChI is InChI=1S/C42H63N5O6S/c1-10-27(3)37-40(51)47-22-14-18-32(47)41(52)53-34(42(6,7)8)23-26(2)15-13-19-35-44-31(25-54-35)20-21-36(48)46(9)33(24-30-17-12-11-16-28(30)4)39(50)43-29(5)38(49)45-37/h11-13,16-17,19,26-27,29,31-34,37H,10,14-15,18,20-25H2,1-9H3,(H,43,50)(H,45,49)/b19-13+/t26-,27-,29-,31-,32-,33-,34-,37-/m0/s1. The Morgan fingerprint density at radius 1 is 1.04 bits per heavy atom. The summed E-state index contributed by atoms with van der Waals surface area (Å²) in [4.78, 5) is 77.4. The zero-order valence-corrected chi connectivity index (χ0v) is 34.7. The number of nitrogens with zero attached hydrogens (tertiary/aromatic N) is 3. The van der Waals surface area contributed by atoms with Gasteiger partial charge in [0, 0.05) is 32.2 Å². The van der Waals surface area contributed by atoms with Crippen LogP contribution in [0.15, 0.2) is 41.4 Å². The van der Waals surface area contributed by atoms with Gasteiger partial charge in [0.1, 0.15) is 30.3 Å². The van der Waals surface area contributed by atoms with Gasteiger partial charge in [0.2, 0.25) is 23.6 Å². The van der Waals surface area contributed by atoms with E-state index in [0.29, 0.717) is 38.6 Å². The van der Waals surface area contributed by atoms with Crippen molar-refractivity contribution < 1.29 is 28.7 Å². The molecule has 0 aromatic heterocycles. The first-order valence-electron chi connectivity index (χ1n) is 19.8. The number of aryl methyl sites for hydroxylation is 1. The molecule has 3 aliphatic rings. The first-order valence-corrected chi connectivity index (χ1v) is 20.8. The summed E-state index contributed by atoms with van der Waals surface area (Å²) in [6.07, 6.45) is 8.07. The second kappa shape index (κ2) is 19.3. The van der Waals surface area contributed by atoms with Crippen LogP contribution in [0.1, 0.15) is 105 Å². The lowest BCUT2D eigenvalue weighted by molar-refractivity contribution is -0.164. The lowest BCUT2D eigenvalue weighted by atomic mass is 9.83. The number of thioether (sulfide) groups is 1. The van der Waals surface area contributed by atoms with Gasteiger partial charge in [-0.2, -0.15) is 0 Å². The fourth-order valence-electron chi connectivity index (χ4n) is 7.22. The van der Waals surface area contributed by atoms with Gasteiger partial charge < -0.3 is 25.2 Å². The van der Waals surface area contributed by atoms with Gasteiger partial charge >= 0.3 is 5.97 Å². The van der Waals surface area contributed by atoms with E-state index in [0.717, 1.165) is 28.3 Å². The molecule has 3 heterocycles. The Kier molecular flexibility index (Phi) is 15.4. The number of amides is 4. The molecule has 1 saturated heterocycles. The minimum absolute atomic E-state index is 0.00716. The maximum atomic E-state index is 14.2. The number of benzene rings is 1. The third kappa shape index (κ3) is 11.4. The van der Waals surface area contributed by atoms with E-state index in [4.69, 9.17) is 9.73 Å². The molecule has 11 nitrogen and oxygen atoms in total. The number of aliphatic imine (C=N–C) groups is 1. The highest BCUT2D eigenvalue weighted by Crippen LogP contribution is 2.32. The summed E-state index contributed by atoms with van der Waals surface area (Å²) in [6, 6.07) is 4.22. The molecule has 4 rings (SSSR count). The van der Waals surface area contributed by atoms with E-state index in [-0.39, 0.29) is 54.1 Å². The average molecular weight is 766 g/mol. The minimum atomic E-state index is -1.00. The smallest absolute Gasteiger partial charge is 0.329 e. The first kappa shape index (κ1) is 43.1. The maximum Gasteiger partial charge on any atom is 0.329 e. The number of esters is 1. The molecule has 2 N–H and O–H groups in total. The molecule has 12 heteroatoms. The van der Waals surface area contributed by atoms with E-state index in [2.05, 4.69) is 44.4 Å². The summed E-state index contributed by atoms with van der Waals surface area (Å²) in [6.45, 7) is 16.1. The van der Waals surface area contributed by atoms with Crippen molar-refractivity contribution in [2.45, 2.75) is 143 Å². The molecule has 54 heavy (non-hydrogen) atoms. The van der Waals surface area contributed by atoms with E-state index >= 15 is 0 Å². The van der Waals surface area contributed by atoms with Crippen molar-refractivity contribution in [3.8, 4) is 0 Å². The van der Waals surface area contributed by atoms with Gasteiger partial charge in [0.05, 0.1) is 11.1 Å². The van der Waals surface area contributed by atoms with E-state index in [1.165, 1.54) is 4.90 Å². The normalized spacial score (nSPS) is 30.0. The first-order chi connectivity index (χ1) is 25.5. The number of cyclic esters (lactones) is 1. The summed E-state index contributed by atoms with van der Waals surface area (Å²) >= 11 is 1.67. The number of rotatable bonds is 4. The minimum Gasteiger partial charge on any atom is -0.460 e. The van der Waals surface area contributed by atoms with Crippen LogP contribution < -0.4 is 10.6 Å².